The molecular weight excluding hydrogens is 246 g/mol. The number of aryl methyl sites for hydroxylation is 2. The molecule has 1 aromatic heterocycles. The molecule has 3 rings (SSSR count). The molecule has 0 unspecified atom stereocenters. The highest BCUT2D eigenvalue weighted by Gasteiger charge is 2.09. The molecule has 0 spiro atoms. The van der Waals surface area contributed by atoms with E-state index in [1.807, 2.05) is 30.3 Å². The number of ether oxygens (including phenoxy) is 1. The number of rotatable bonds is 4. The number of aromatic nitrogens is 1. The zero-order chi connectivity index (χ0) is 13.9. The molecule has 0 saturated heterocycles. The minimum absolute atomic E-state index is 0.608. The van der Waals surface area contributed by atoms with Crippen LogP contribution in [0.5, 0.6) is 5.75 Å². The van der Waals surface area contributed by atoms with Gasteiger partial charge in [0.15, 0.2) is 0 Å². The fourth-order valence-electron chi connectivity index (χ4n) is 2.66. The number of hydrogen-bond donors (Lipinski definition) is 0. The molecule has 2 nitrogen and oxygen atoms in total. The molecule has 0 bridgehead atoms. The minimum atomic E-state index is 0.608. The third-order valence-corrected chi connectivity index (χ3v) is 3.66. The van der Waals surface area contributed by atoms with E-state index in [0.717, 1.165) is 12.3 Å². The SMILES string of the molecule is CCn1cc(COc2ccccc2)c2cccc(C)c21. The van der Waals surface area contributed by atoms with Crippen LogP contribution in [0.15, 0.2) is 54.7 Å². The highest BCUT2D eigenvalue weighted by atomic mass is 16.5. The second kappa shape index (κ2) is 5.41. The van der Waals surface area contributed by atoms with Gasteiger partial charge in [-0.1, -0.05) is 36.4 Å². The van der Waals surface area contributed by atoms with E-state index in [4.69, 9.17) is 4.74 Å². The Labute approximate surface area is 119 Å². The van der Waals surface area contributed by atoms with Gasteiger partial charge in [0.1, 0.15) is 12.4 Å². The van der Waals surface area contributed by atoms with Crippen molar-refractivity contribution in [2.75, 3.05) is 0 Å². The average molecular weight is 265 g/mol. The number of para-hydroxylation sites is 2. The van der Waals surface area contributed by atoms with Gasteiger partial charge in [0.05, 0.1) is 5.52 Å². The molecule has 1 heterocycles. The Bertz CT molecular complexity index is 713. The molecule has 0 radical (unpaired) electrons. The number of fused-ring (bicyclic) bond motifs is 1. The molecule has 0 aliphatic carbocycles. The molecule has 0 N–H and O–H groups in total. The molecule has 2 aromatic carbocycles. The van der Waals surface area contributed by atoms with Gasteiger partial charge in [-0.25, -0.2) is 0 Å². The van der Waals surface area contributed by atoms with Crippen LogP contribution in [0.3, 0.4) is 0 Å². The third-order valence-electron chi connectivity index (χ3n) is 3.66. The van der Waals surface area contributed by atoms with Crippen molar-refractivity contribution < 1.29 is 4.74 Å². The fraction of sp³-hybridized carbons (Fsp3) is 0.222. The smallest absolute Gasteiger partial charge is 0.119 e. The molecule has 0 amide bonds. The molecule has 0 saturated carbocycles. The quantitative estimate of drug-likeness (QED) is 0.675. The van der Waals surface area contributed by atoms with Gasteiger partial charge in [0.25, 0.3) is 0 Å². The van der Waals surface area contributed by atoms with Gasteiger partial charge in [-0.2, -0.15) is 0 Å². The monoisotopic (exact) mass is 265 g/mol. The molecule has 2 heteroatoms. The van der Waals surface area contributed by atoms with Gasteiger partial charge in [-0.05, 0) is 31.5 Å². The van der Waals surface area contributed by atoms with Crippen LogP contribution in [0.25, 0.3) is 10.9 Å². The Morgan fingerprint density at radius 1 is 1.00 bits per heavy atom. The summed E-state index contributed by atoms with van der Waals surface area (Å²) in [5, 5.41) is 1.29. The maximum absolute atomic E-state index is 5.88. The molecule has 0 atom stereocenters. The summed E-state index contributed by atoms with van der Waals surface area (Å²) in [4.78, 5) is 0. The first kappa shape index (κ1) is 12.8. The topological polar surface area (TPSA) is 14.2 Å². The Morgan fingerprint density at radius 3 is 2.55 bits per heavy atom. The van der Waals surface area contributed by atoms with Crippen LogP contribution < -0.4 is 4.74 Å². The highest BCUT2D eigenvalue weighted by molar-refractivity contribution is 5.86. The first-order valence-corrected chi connectivity index (χ1v) is 7.04. The Morgan fingerprint density at radius 2 is 1.80 bits per heavy atom. The zero-order valence-corrected chi connectivity index (χ0v) is 12.0. The molecule has 0 aliphatic heterocycles. The van der Waals surface area contributed by atoms with E-state index in [1.165, 1.54) is 22.0 Å². The number of hydrogen-bond acceptors (Lipinski definition) is 1. The summed E-state index contributed by atoms with van der Waals surface area (Å²) in [6, 6.07) is 16.4. The van der Waals surface area contributed by atoms with Gasteiger partial charge in [0.2, 0.25) is 0 Å². The molecule has 0 aliphatic rings. The van der Waals surface area contributed by atoms with E-state index in [0.29, 0.717) is 6.61 Å². The van der Waals surface area contributed by atoms with Crippen LogP contribution in [0.1, 0.15) is 18.1 Å². The second-order valence-electron chi connectivity index (χ2n) is 5.01. The van der Waals surface area contributed by atoms with Crippen molar-refractivity contribution in [3.63, 3.8) is 0 Å². The summed E-state index contributed by atoms with van der Waals surface area (Å²) in [6.45, 7) is 5.92. The van der Waals surface area contributed by atoms with E-state index in [1.54, 1.807) is 0 Å². The number of nitrogens with zero attached hydrogens (tertiary/aromatic N) is 1. The maximum atomic E-state index is 5.88. The molecule has 102 valence electrons. The summed E-state index contributed by atoms with van der Waals surface area (Å²) in [7, 11) is 0. The van der Waals surface area contributed by atoms with Crippen LogP contribution in [0, 0.1) is 6.92 Å². The van der Waals surface area contributed by atoms with Crippen molar-refractivity contribution in [2.24, 2.45) is 0 Å². The number of benzene rings is 2. The van der Waals surface area contributed by atoms with E-state index in [2.05, 4.69) is 42.8 Å². The largest absolute Gasteiger partial charge is 0.489 e. The van der Waals surface area contributed by atoms with Crippen molar-refractivity contribution >= 4 is 10.9 Å². The fourth-order valence-corrected chi connectivity index (χ4v) is 2.66. The summed E-state index contributed by atoms with van der Waals surface area (Å²) in [5.74, 6) is 0.914. The maximum Gasteiger partial charge on any atom is 0.119 e. The van der Waals surface area contributed by atoms with Gasteiger partial charge < -0.3 is 9.30 Å². The van der Waals surface area contributed by atoms with E-state index >= 15 is 0 Å². The summed E-state index contributed by atoms with van der Waals surface area (Å²) >= 11 is 0. The van der Waals surface area contributed by atoms with Crippen molar-refractivity contribution in [1.29, 1.82) is 0 Å². The molecule has 20 heavy (non-hydrogen) atoms. The first-order chi connectivity index (χ1) is 9.79. The van der Waals surface area contributed by atoms with Gasteiger partial charge in [0, 0.05) is 23.7 Å². The lowest BCUT2D eigenvalue weighted by Crippen LogP contribution is -1.94. The normalized spacial score (nSPS) is 10.9. The van der Waals surface area contributed by atoms with Crippen molar-refractivity contribution in [3.05, 3.63) is 65.9 Å². The van der Waals surface area contributed by atoms with E-state index < -0.39 is 0 Å². The lowest BCUT2D eigenvalue weighted by Gasteiger charge is -2.05. The van der Waals surface area contributed by atoms with Crippen molar-refractivity contribution in [3.8, 4) is 5.75 Å². The van der Waals surface area contributed by atoms with Gasteiger partial charge in [-0.15, -0.1) is 0 Å². The van der Waals surface area contributed by atoms with Crippen molar-refractivity contribution in [1.82, 2.24) is 4.57 Å². The van der Waals surface area contributed by atoms with Crippen LogP contribution in [0.4, 0.5) is 0 Å². The van der Waals surface area contributed by atoms with Crippen LogP contribution in [0.2, 0.25) is 0 Å². The van der Waals surface area contributed by atoms with E-state index in [9.17, 15) is 0 Å². The minimum Gasteiger partial charge on any atom is -0.489 e. The third kappa shape index (κ3) is 2.29. The summed E-state index contributed by atoms with van der Waals surface area (Å²) in [6.07, 6.45) is 2.21. The standard InChI is InChI=1S/C18H19NO/c1-3-19-12-15(13-20-16-9-5-4-6-10-16)17-11-7-8-14(2)18(17)19/h4-12H,3,13H2,1-2H3. The van der Waals surface area contributed by atoms with Gasteiger partial charge in [-0.3, -0.25) is 0 Å². The Kier molecular flexibility index (Phi) is 3.46. The molecular formula is C18H19NO. The van der Waals surface area contributed by atoms with Crippen LogP contribution >= 0.6 is 0 Å². The predicted octanol–water partition coefficient (Wildman–Crippen LogP) is 4.55. The van der Waals surface area contributed by atoms with Crippen LogP contribution in [-0.4, -0.2) is 4.57 Å². The predicted molar refractivity (Wildman–Crippen MR) is 83.1 cm³/mol. The summed E-state index contributed by atoms with van der Waals surface area (Å²) in [5.41, 5.74) is 3.88. The molecule has 0 fully saturated rings. The first-order valence-electron chi connectivity index (χ1n) is 7.04. The lowest BCUT2D eigenvalue weighted by molar-refractivity contribution is 0.307. The Balaban J connectivity index is 1.94. The zero-order valence-electron chi connectivity index (χ0n) is 12.0. The van der Waals surface area contributed by atoms with Gasteiger partial charge >= 0.3 is 0 Å². The Hall–Kier alpha value is -2.22. The average Bonchev–Trinajstić information content (AvgIpc) is 2.86. The summed E-state index contributed by atoms with van der Waals surface area (Å²) < 4.78 is 8.18. The van der Waals surface area contributed by atoms with Crippen LogP contribution in [-0.2, 0) is 13.2 Å². The lowest BCUT2D eigenvalue weighted by atomic mass is 10.1. The second-order valence-corrected chi connectivity index (χ2v) is 5.01. The highest BCUT2D eigenvalue weighted by Crippen LogP contribution is 2.25. The van der Waals surface area contributed by atoms with E-state index in [-0.39, 0.29) is 0 Å². The molecule has 3 aromatic rings. The van der Waals surface area contributed by atoms with Crippen molar-refractivity contribution in [2.45, 2.75) is 27.0 Å².